The van der Waals surface area contributed by atoms with Crippen molar-refractivity contribution in [1.82, 2.24) is 4.57 Å². The van der Waals surface area contributed by atoms with Gasteiger partial charge in [-0.25, -0.2) is 0 Å². The number of nitrogens with two attached hydrogens (primary N) is 1. The Labute approximate surface area is 144 Å². The van der Waals surface area contributed by atoms with Gasteiger partial charge in [0.2, 0.25) is 0 Å². The van der Waals surface area contributed by atoms with Gasteiger partial charge in [-0.1, -0.05) is 24.3 Å². The maximum atomic E-state index is 12.4. The highest BCUT2D eigenvalue weighted by molar-refractivity contribution is 6.08. The van der Waals surface area contributed by atoms with E-state index in [0.29, 0.717) is 0 Å². The number of hydrogen-bond donors (Lipinski definition) is 1. The van der Waals surface area contributed by atoms with Crippen LogP contribution in [-0.2, 0) is 6.54 Å². The third-order valence-electron chi connectivity index (χ3n) is 4.28. The van der Waals surface area contributed by atoms with Gasteiger partial charge in [0, 0.05) is 40.8 Å². The minimum atomic E-state index is -4.17. The molecule has 0 spiro atoms. The minimum Gasteiger partial charge on any atom is -0.341 e. The van der Waals surface area contributed by atoms with Gasteiger partial charge in [-0.3, -0.25) is 0 Å². The fourth-order valence-corrected chi connectivity index (χ4v) is 3.13. The molecule has 0 bridgehead atoms. The second-order valence-electron chi connectivity index (χ2n) is 5.80. The number of hydrogen-bond acceptors (Lipinski definition) is 1. The molecule has 0 saturated heterocycles. The van der Waals surface area contributed by atoms with Gasteiger partial charge in [-0.15, -0.1) is 12.4 Å². The van der Waals surface area contributed by atoms with Gasteiger partial charge < -0.3 is 10.3 Å². The highest BCUT2D eigenvalue weighted by Crippen LogP contribution is 2.32. The third kappa shape index (κ3) is 3.52. The highest BCUT2D eigenvalue weighted by atomic mass is 35.5. The van der Waals surface area contributed by atoms with Crippen molar-refractivity contribution < 1.29 is 13.2 Å². The summed E-state index contributed by atoms with van der Waals surface area (Å²) >= 11 is 0. The van der Waals surface area contributed by atoms with Crippen LogP contribution in [0.5, 0.6) is 0 Å². The average molecular weight is 357 g/mol. The zero-order valence-corrected chi connectivity index (χ0v) is 14.1. The van der Waals surface area contributed by atoms with Crippen molar-refractivity contribution in [1.29, 1.82) is 0 Å². The lowest BCUT2D eigenvalue weighted by molar-refractivity contribution is -0.136. The maximum absolute atomic E-state index is 12.4. The second-order valence-corrected chi connectivity index (χ2v) is 5.80. The summed E-state index contributed by atoms with van der Waals surface area (Å²) < 4.78 is 39.4. The average Bonchev–Trinajstić information content (AvgIpc) is 2.85. The lowest BCUT2D eigenvalue weighted by Gasteiger charge is -2.14. The molecule has 0 unspecified atom stereocenters. The molecule has 1 atom stereocenters. The normalized spacial score (nSPS) is 13.2. The molecular weight excluding hydrogens is 337 g/mol. The SMILES string of the molecule is CCn1c2ccccc2c2cc([C@@H](N)CCC(F)(F)F)ccc21.Cl. The molecule has 0 aliphatic heterocycles. The van der Waals surface area contributed by atoms with Crippen LogP contribution in [0.25, 0.3) is 21.8 Å². The van der Waals surface area contributed by atoms with Crippen molar-refractivity contribution in [3.8, 4) is 0 Å². The van der Waals surface area contributed by atoms with Crippen molar-refractivity contribution in [3.63, 3.8) is 0 Å². The van der Waals surface area contributed by atoms with Crippen molar-refractivity contribution in [2.75, 3.05) is 0 Å². The molecule has 130 valence electrons. The predicted octanol–water partition coefficient (Wildman–Crippen LogP) is 5.58. The number of fused-ring (bicyclic) bond motifs is 3. The van der Waals surface area contributed by atoms with Gasteiger partial charge in [-0.05, 0) is 37.1 Å². The Morgan fingerprint density at radius 3 is 2.38 bits per heavy atom. The molecule has 24 heavy (non-hydrogen) atoms. The number of nitrogens with zero attached hydrogens (tertiary/aromatic N) is 1. The van der Waals surface area contributed by atoms with E-state index in [9.17, 15) is 13.2 Å². The minimum absolute atomic E-state index is 0. The van der Waals surface area contributed by atoms with E-state index in [1.165, 1.54) is 0 Å². The molecular formula is C18H20ClF3N2. The van der Waals surface area contributed by atoms with Gasteiger partial charge in [-0.2, -0.15) is 13.2 Å². The lowest BCUT2D eigenvalue weighted by atomic mass is 10.0. The molecule has 0 radical (unpaired) electrons. The Kier molecular flexibility index (Phi) is 5.45. The number of halogens is 4. The Morgan fingerprint density at radius 2 is 1.71 bits per heavy atom. The van der Waals surface area contributed by atoms with Crippen LogP contribution in [0.3, 0.4) is 0 Å². The van der Waals surface area contributed by atoms with Crippen LogP contribution in [0.1, 0.15) is 31.4 Å². The fourth-order valence-electron chi connectivity index (χ4n) is 3.13. The molecule has 3 rings (SSSR count). The van der Waals surface area contributed by atoms with Crippen LogP contribution in [0.2, 0.25) is 0 Å². The van der Waals surface area contributed by atoms with Crippen molar-refractivity contribution in [3.05, 3.63) is 48.0 Å². The Hall–Kier alpha value is -1.72. The van der Waals surface area contributed by atoms with Gasteiger partial charge in [0.15, 0.2) is 0 Å². The van der Waals surface area contributed by atoms with Crippen LogP contribution in [-0.4, -0.2) is 10.7 Å². The number of rotatable bonds is 4. The first-order chi connectivity index (χ1) is 10.9. The van der Waals surface area contributed by atoms with Gasteiger partial charge in [0.05, 0.1) is 0 Å². The largest absolute Gasteiger partial charge is 0.389 e. The standard InChI is InChI=1S/C18H19F3N2.ClH/c1-2-23-16-6-4-3-5-13(16)14-11-12(7-8-17(14)23)15(22)9-10-18(19,20)21;/h3-8,11,15H,2,9-10,22H2,1H3;1H/t15-;/m0./s1. The van der Waals surface area contributed by atoms with Crippen molar-refractivity contribution >= 4 is 34.2 Å². The third-order valence-corrected chi connectivity index (χ3v) is 4.28. The Morgan fingerprint density at radius 1 is 1.04 bits per heavy atom. The highest BCUT2D eigenvalue weighted by Gasteiger charge is 2.28. The van der Waals surface area contributed by atoms with Crippen LogP contribution >= 0.6 is 12.4 Å². The molecule has 0 aliphatic carbocycles. The van der Waals surface area contributed by atoms with E-state index in [1.54, 1.807) is 0 Å². The molecule has 2 N–H and O–H groups in total. The summed E-state index contributed by atoms with van der Waals surface area (Å²) in [4.78, 5) is 0. The van der Waals surface area contributed by atoms with Crippen molar-refractivity contribution in [2.45, 2.75) is 38.5 Å². The molecule has 3 aromatic rings. The molecule has 0 saturated carbocycles. The first kappa shape index (κ1) is 18.6. The van der Waals surface area contributed by atoms with Gasteiger partial charge in [0.25, 0.3) is 0 Å². The predicted molar refractivity (Wildman–Crippen MR) is 94.6 cm³/mol. The number of aromatic nitrogens is 1. The maximum Gasteiger partial charge on any atom is 0.389 e. The first-order valence-corrected chi connectivity index (χ1v) is 7.74. The topological polar surface area (TPSA) is 30.9 Å². The first-order valence-electron chi connectivity index (χ1n) is 7.74. The molecule has 0 amide bonds. The van der Waals surface area contributed by atoms with Crippen LogP contribution in [0.4, 0.5) is 13.2 Å². The molecule has 2 nitrogen and oxygen atoms in total. The van der Waals surface area contributed by atoms with E-state index in [4.69, 9.17) is 5.73 Å². The monoisotopic (exact) mass is 356 g/mol. The molecule has 1 aromatic heterocycles. The number of aryl methyl sites for hydroxylation is 1. The zero-order chi connectivity index (χ0) is 16.6. The van der Waals surface area contributed by atoms with E-state index in [-0.39, 0.29) is 18.8 Å². The van der Waals surface area contributed by atoms with Crippen LogP contribution < -0.4 is 5.73 Å². The molecule has 0 aliphatic rings. The zero-order valence-electron chi connectivity index (χ0n) is 13.3. The smallest absolute Gasteiger partial charge is 0.341 e. The van der Waals surface area contributed by atoms with E-state index < -0.39 is 18.6 Å². The van der Waals surface area contributed by atoms with Gasteiger partial charge in [0.1, 0.15) is 0 Å². The lowest BCUT2D eigenvalue weighted by Crippen LogP contribution is -2.15. The summed E-state index contributed by atoms with van der Waals surface area (Å²) in [5.41, 5.74) is 8.93. The van der Waals surface area contributed by atoms with E-state index in [1.807, 2.05) is 36.4 Å². The number of benzene rings is 2. The quantitative estimate of drug-likeness (QED) is 0.650. The van der Waals surface area contributed by atoms with E-state index in [2.05, 4.69) is 17.6 Å². The number of alkyl halides is 3. The van der Waals surface area contributed by atoms with Crippen LogP contribution in [0, 0.1) is 0 Å². The Balaban J connectivity index is 0.00000208. The van der Waals surface area contributed by atoms with Crippen molar-refractivity contribution in [2.24, 2.45) is 5.73 Å². The van der Waals surface area contributed by atoms with Crippen LogP contribution in [0.15, 0.2) is 42.5 Å². The summed E-state index contributed by atoms with van der Waals surface area (Å²) in [5, 5.41) is 2.15. The summed E-state index contributed by atoms with van der Waals surface area (Å²) in [7, 11) is 0. The summed E-state index contributed by atoms with van der Waals surface area (Å²) in [6, 6.07) is 13.2. The summed E-state index contributed by atoms with van der Waals surface area (Å²) in [6.07, 6.45) is -5.12. The molecule has 2 aromatic carbocycles. The summed E-state index contributed by atoms with van der Waals surface area (Å²) in [6.45, 7) is 2.92. The molecule has 6 heteroatoms. The van der Waals surface area contributed by atoms with Gasteiger partial charge >= 0.3 is 6.18 Å². The molecule has 1 heterocycles. The summed E-state index contributed by atoms with van der Waals surface area (Å²) in [5.74, 6) is 0. The molecule has 0 fully saturated rings. The second kappa shape index (κ2) is 7.03. The Bertz CT molecular complexity index is 839. The van der Waals surface area contributed by atoms with E-state index in [0.717, 1.165) is 33.9 Å². The van der Waals surface area contributed by atoms with E-state index >= 15 is 0 Å². The fraction of sp³-hybridized carbons (Fsp3) is 0.333. The number of para-hydroxylation sites is 1.